The van der Waals surface area contributed by atoms with Gasteiger partial charge in [-0.1, -0.05) is 33.6 Å². The second-order valence-electron chi connectivity index (χ2n) is 6.97. The first-order valence-corrected chi connectivity index (χ1v) is 8.46. The van der Waals surface area contributed by atoms with Crippen LogP contribution in [-0.4, -0.2) is 24.6 Å². The van der Waals surface area contributed by atoms with Crippen molar-refractivity contribution in [1.29, 1.82) is 0 Å². The molecule has 2 unspecified atom stereocenters. The predicted molar refractivity (Wildman–Crippen MR) is 90.6 cm³/mol. The largest absolute Gasteiger partial charge is 0.371 e. The Kier molecular flexibility index (Phi) is 6.04. The van der Waals surface area contributed by atoms with Crippen molar-refractivity contribution in [3.8, 4) is 0 Å². The van der Waals surface area contributed by atoms with Crippen molar-refractivity contribution in [3.05, 3.63) is 24.0 Å². The van der Waals surface area contributed by atoms with Crippen LogP contribution in [0.5, 0.6) is 0 Å². The van der Waals surface area contributed by atoms with Gasteiger partial charge >= 0.3 is 0 Å². The fourth-order valence-electron chi connectivity index (χ4n) is 3.33. The lowest BCUT2D eigenvalue weighted by Crippen LogP contribution is -2.39. The summed E-state index contributed by atoms with van der Waals surface area (Å²) in [6, 6.07) is 5.07. The topological polar surface area (TPSA) is 28.2 Å². The number of nitrogens with zero attached hydrogens (tertiary/aromatic N) is 2. The summed E-state index contributed by atoms with van der Waals surface area (Å²) in [6.45, 7) is 8.76. The molecule has 0 radical (unpaired) electrons. The van der Waals surface area contributed by atoms with Gasteiger partial charge in [0.1, 0.15) is 0 Å². The van der Waals surface area contributed by atoms with Crippen LogP contribution in [0, 0.1) is 11.8 Å². The number of pyridine rings is 1. The van der Waals surface area contributed by atoms with Crippen LogP contribution in [0.25, 0.3) is 0 Å². The van der Waals surface area contributed by atoms with E-state index in [-0.39, 0.29) is 0 Å². The van der Waals surface area contributed by atoms with Gasteiger partial charge < -0.3 is 10.2 Å². The van der Waals surface area contributed by atoms with E-state index in [0.717, 1.165) is 24.7 Å². The van der Waals surface area contributed by atoms with Crippen molar-refractivity contribution < 1.29 is 0 Å². The van der Waals surface area contributed by atoms with Gasteiger partial charge in [-0.2, -0.15) is 0 Å². The molecular weight excluding hydrogens is 258 g/mol. The Labute approximate surface area is 130 Å². The van der Waals surface area contributed by atoms with Gasteiger partial charge in [-0.15, -0.1) is 0 Å². The monoisotopic (exact) mass is 289 g/mol. The van der Waals surface area contributed by atoms with Crippen LogP contribution in [0.4, 0.5) is 5.69 Å². The highest BCUT2D eigenvalue weighted by Crippen LogP contribution is 2.30. The molecule has 0 saturated heterocycles. The van der Waals surface area contributed by atoms with E-state index < -0.39 is 0 Å². The Bertz CT molecular complexity index is 430. The molecule has 0 spiro atoms. The van der Waals surface area contributed by atoms with Gasteiger partial charge in [0.2, 0.25) is 0 Å². The lowest BCUT2D eigenvalue weighted by molar-refractivity contribution is 0.321. The third kappa shape index (κ3) is 4.70. The smallest absolute Gasteiger partial charge is 0.0562 e. The van der Waals surface area contributed by atoms with Crippen molar-refractivity contribution in [2.75, 3.05) is 18.5 Å². The first-order chi connectivity index (χ1) is 10.1. The second-order valence-corrected chi connectivity index (χ2v) is 6.97. The zero-order valence-corrected chi connectivity index (χ0v) is 14.1. The standard InChI is InChI=1S/C18H31N3/c1-14(2)12-19-13-16-11-17(9-10-20-16)21(4)18-8-6-5-7-15(18)3/h9-11,14-15,18-19H,5-8,12-13H2,1-4H3. The summed E-state index contributed by atoms with van der Waals surface area (Å²) in [5.41, 5.74) is 2.45. The number of anilines is 1. The maximum absolute atomic E-state index is 4.49. The molecule has 0 aromatic carbocycles. The minimum Gasteiger partial charge on any atom is -0.371 e. The second kappa shape index (κ2) is 7.79. The summed E-state index contributed by atoms with van der Waals surface area (Å²) in [6.07, 6.45) is 7.40. The normalized spacial score (nSPS) is 22.5. The minimum atomic E-state index is 0.678. The van der Waals surface area contributed by atoms with Crippen molar-refractivity contribution in [3.63, 3.8) is 0 Å². The maximum atomic E-state index is 4.49. The van der Waals surface area contributed by atoms with E-state index in [1.54, 1.807) is 0 Å². The number of rotatable bonds is 6. The molecule has 1 N–H and O–H groups in total. The molecule has 1 aliphatic rings. The van der Waals surface area contributed by atoms with E-state index in [2.05, 4.69) is 55.2 Å². The van der Waals surface area contributed by atoms with E-state index in [0.29, 0.717) is 12.0 Å². The van der Waals surface area contributed by atoms with Crippen molar-refractivity contribution in [2.45, 2.75) is 59.0 Å². The average molecular weight is 289 g/mol. The van der Waals surface area contributed by atoms with Crippen LogP contribution in [0.15, 0.2) is 18.3 Å². The van der Waals surface area contributed by atoms with Gasteiger partial charge in [0.25, 0.3) is 0 Å². The van der Waals surface area contributed by atoms with Gasteiger partial charge in [0.15, 0.2) is 0 Å². The highest BCUT2D eigenvalue weighted by molar-refractivity contribution is 5.47. The molecule has 1 aromatic rings. The van der Waals surface area contributed by atoms with Crippen molar-refractivity contribution in [1.82, 2.24) is 10.3 Å². The number of hydrogen-bond acceptors (Lipinski definition) is 3. The van der Waals surface area contributed by atoms with Crippen LogP contribution in [0.2, 0.25) is 0 Å². The summed E-state index contributed by atoms with van der Waals surface area (Å²) < 4.78 is 0. The Morgan fingerprint density at radius 2 is 2.10 bits per heavy atom. The fraction of sp³-hybridized carbons (Fsp3) is 0.722. The van der Waals surface area contributed by atoms with E-state index in [4.69, 9.17) is 0 Å². The zero-order chi connectivity index (χ0) is 15.2. The number of nitrogens with one attached hydrogen (secondary N) is 1. The molecule has 21 heavy (non-hydrogen) atoms. The van der Waals surface area contributed by atoms with Gasteiger partial charge in [-0.05, 0) is 43.4 Å². The number of aromatic nitrogens is 1. The molecule has 0 aliphatic heterocycles. The maximum Gasteiger partial charge on any atom is 0.0562 e. The Hall–Kier alpha value is -1.09. The fourth-order valence-corrected chi connectivity index (χ4v) is 3.33. The molecule has 3 nitrogen and oxygen atoms in total. The third-order valence-corrected chi connectivity index (χ3v) is 4.63. The van der Waals surface area contributed by atoms with Crippen LogP contribution >= 0.6 is 0 Å². The molecule has 2 atom stereocenters. The Morgan fingerprint density at radius 1 is 1.33 bits per heavy atom. The lowest BCUT2D eigenvalue weighted by Gasteiger charge is -2.37. The van der Waals surface area contributed by atoms with Crippen molar-refractivity contribution >= 4 is 5.69 Å². The van der Waals surface area contributed by atoms with E-state index in [1.807, 2.05) is 6.20 Å². The minimum absolute atomic E-state index is 0.678. The molecule has 1 aliphatic carbocycles. The van der Waals surface area contributed by atoms with Gasteiger partial charge in [-0.3, -0.25) is 4.98 Å². The summed E-state index contributed by atoms with van der Waals surface area (Å²) in [5.74, 6) is 1.47. The lowest BCUT2D eigenvalue weighted by atomic mass is 9.85. The Morgan fingerprint density at radius 3 is 2.81 bits per heavy atom. The summed E-state index contributed by atoms with van der Waals surface area (Å²) in [7, 11) is 2.24. The van der Waals surface area contributed by atoms with E-state index in [1.165, 1.54) is 31.4 Å². The van der Waals surface area contributed by atoms with E-state index in [9.17, 15) is 0 Å². The summed E-state index contributed by atoms with van der Waals surface area (Å²) in [4.78, 5) is 6.96. The zero-order valence-electron chi connectivity index (χ0n) is 14.1. The molecule has 1 aromatic heterocycles. The van der Waals surface area contributed by atoms with E-state index >= 15 is 0 Å². The first-order valence-electron chi connectivity index (χ1n) is 8.46. The molecule has 1 saturated carbocycles. The summed E-state index contributed by atoms with van der Waals surface area (Å²) in [5, 5.41) is 3.47. The molecule has 3 heteroatoms. The predicted octanol–water partition coefficient (Wildman–Crippen LogP) is 3.84. The molecule has 0 amide bonds. The SMILES string of the molecule is CC(C)CNCc1cc(N(C)C2CCCCC2C)ccn1. The Balaban J connectivity index is 1.98. The first kappa shape index (κ1) is 16.3. The molecule has 1 fully saturated rings. The van der Waals surface area contributed by atoms with Crippen LogP contribution in [0.1, 0.15) is 52.1 Å². The molecule has 118 valence electrons. The van der Waals surface area contributed by atoms with Crippen LogP contribution in [-0.2, 0) is 6.54 Å². The van der Waals surface area contributed by atoms with Gasteiger partial charge in [0.05, 0.1) is 5.69 Å². The average Bonchev–Trinajstić information content (AvgIpc) is 2.47. The van der Waals surface area contributed by atoms with Crippen LogP contribution < -0.4 is 10.2 Å². The molecule has 2 rings (SSSR count). The van der Waals surface area contributed by atoms with Gasteiger partial charge in [-0.25, -0.2) is 0 Å². The molecule has 0 bridgehead atoms. The highest BCUT2D eigenvalue weighted by atomic mass is 15.1. The highest BCUT2D eigenvalue weighted by Gasteiger charge is 2.25. The summed E-state index contributed by atoms with van der Waals surface area (Å²) >= 11 is 0. The number of hydrogen-bond donors (Lipinski definition) is 1. The van der Waals surface area contributed by atoms with Gasteiger partial charge in [0, 0.05) is 31.5 Å². The quantitative estimate of drug-likeness (QED) is 0.862. The molecule has 1 heterocycles. The third-order valence-electron chi connectivity index (χ3n) is 4.63. The van der Waals surface area contributed by atoms with Crippen LogP contribution in [0.3, 0.4) is 0 Å². The van der Waals surface area contributed by atoms with Crippen molar-refractivity contribution in [2.24, 2.45) is 11.8 Å². The molecular formula is C18H31N3.